The number of hydrogen-bond donors (Lipinski definition) is 0. The number of halogens is 2. The van der Waals surface area contributed by atoms with E-state index in [1.54, 1.807) is 18.2 Å². The second-order valence-corrected chi connectivity index (χ2v) is 5.27. The summed E-state index contributed by atoms with van der Waals surface area (Å²) in [5.41, 5.74) is 0.706. The summed E-state index contributed by atoms with van der Waals surface area (Å²) in [7, 11) is 0. The highest BCUT2D eigenvalue weighted by Crippen LogP contribution is 2.31. The molecular formula is C17H15F2NO2. The summed E-state index contributed by atoms with van der Waals surface area (Å²) in [4.78, 5) is 13.7. The van der Waals surface area contributed by atoms with Gasteiger partial charge in [-0.3, -0.25) is 4.79 Å². The lowest BCUT2D eigenvalue weighted by molar-refractivity contribution is -0.114. The first-order chi connectivity index (χ1) is 10.5. The Kier molecular flexibility index (Phi) is 3.79. The van der Waals surface area contributed by atoms with Crippen LogP contribution < -0.4 is 4.90 Å². The summed E-state index contributed by atoms with van der Waals surface area (Å²) in [6, 6.07) is 5.64. The van der Waals surface area contributed by atoms with Crippen molar-refractivity contribution in [3.05, 3.63) is 59.1 Å². The Bertz CT molecular complexity index is 749. The number of benzene rings is 1. The van der Waals surface area contributed by atoms with Crippen LogP contribution in [0.15, 0.2) is 34.8 Å². The molecule has 2 heterocycles. The average molecular weight is 303 g/mol. The van der Waals surface area contributed by atoms with Gasteiger partial charge in [-0.1, -0.05) is 0 Å². The topological polar surface area (TPSA) is 33.5 Å². The van der Waals surface area contributed by atoms with Crippen LogP contribution in [-0.4, -0.2) is 12.5 Å². The standard InChI is InChI=1S/C17H15F2NO2/c1-11-4-5-14(22-11)6-7-16(21)20-8-2-3-12-9-13(18)10-15(19)17(12)20/h4-7,9-10H,2-3,8H2,1H3/b7-6+. The molecule has 0 fully saturated rings. The van der Waals surface area contributed by atoms with Crippen molar-refractivity contribution in [2.75, 3.05) is 11.4 Å². The number of amides is 1. The predicted molar refractivity (Wildman–Crippen MR) is 79.5 cm³/mol. The molecule has 0 bridgehead atoms. The highest BCUT2D eigenvalue weighted by atomic mass is 19.1. The van der Waals surface area contributed by atoms with Crippen LogP contribution >= 0.6 is 0 Å². The van der Waals surface area contributed by atoms with Crippen molar-refractivity contribution in [1.82, 2.24) is 0 Å². The number of anilines is 1. The number of furan rings is 1. The highest BCUT2D eigenvalue weighted by molar-refractivity contribution is 6.04. The van der Waals surface area contributed by atoms with Crippen LogP contribution in [0.1, 0.15) is 23.5 Å². The van der Waals surface area contributed by atoms with Crippen LogP contribution in [-0.2, 0) is 11.2 Å². The number of aryl methyl sites for hydroxylation is 2. The van der Waals surface area contributed by atoms with Gasteiger partial charge in [-0.25, -0.2) is 8.78 Å². The van der Waals surface area contributed by atoms with Gasteiger partial charge < -0.3 is 9.32 Å². The quantitative estimate of drug-likeness (QED) is 0.789. The Morgan fingerprint density at radius 2 is 2.14 bits per heavy atom. The SMILES string of the molecule is Cc1ccc(/C=C/C(=O)N2CCCc3cc(F)cc(F)c32)o1. The van der Waals surface area contributed by atoms with Crippen molar-refractivity contribution in [3.8, 4) is 0 Å². The number of rotatable bonds is 2. The van der Waals surface area contributed by atoms with Crippen LogP contribution in [0.5, 0.6) is 0 Å². The molecule has 0 atom stereocenters. The molecule has 0 saturated heterocycles. The first-order valence-corrected chi connectivity index (χ1v) is 7.08. The molecule has 1 aliphatic rings. The van der Waals surface area contributed by atoms with Crippen LogP contribution in [0.3, 0.4) is 0 Å². The summed E-state index contributed by atoms with van der Waals surface area (Å²) in [6.45, 7) is 2.22. The van der Waals surface area contributed by atoms with E-state index in [1.165, 1.54) is 17.0 Å². The molecule has 3 nitrogen and oxygen atoms in total. The van der Waals surface area contributed by atoms with Gasteiger partial charge >= 0.3 is 0 Å². The molecule has 0 unspecified atom stereocenters. The van der Waals surface area contributed by atoms with Crippen molar-refractivity contribution in [2.45, 2.75) is 19.8 Å². The van der Waals surface area contributed by atoms with Gasteiger partial charge in [0, 0.05) is 18.7 Å². The van der Waals surface area contributed by atoms with Crippen LogP contribution in [0.4, 0.5) is 14.5 Å². The van der Waals surface area contributed by atoms with Crippen LogP contribution in [0.2, 0.25) is 0 Å². The van der Waals surface area contributed by atoms with E-state index >= 15 is 0 Å². The lowest BCUT2D eigenvalue weighted by atomic mass is 10.0. The smallest absolute Gasteiger partial charge is 0.251 e. The van der Waals surface area contributed by atoms with Gasteiger partial charge in [0.15, 0.2) is 0 Å². The molecule has 3 rings (SSSR count). The fraction of sp³-hybridized carbons (Fsp3) is 0.235. The maximum absolute atomic E-state index is 14.0. The zero-order valence-corrected chi connectivity index (χ0v) is 12.1. The minimum absolute atomic E-state index is 0.179. The van der Waals surface area contributed by atoms with Crippen molar-refractivity contribution in [2.24, 2.45) is 0 Å². The molecule has 1 aromatic carbocycles. The summed E-state index contributed by atoms with van der Waals surface area (Å²) in [6.07, 6.45) is 4.13. The second kappa shape index (κ2) is 5.75. The third-order valence-corrected chi connectivity index (χ3v) is 3.62. The van der Waals surface area contributed by atoms with E-state index in [0.29, 0.717) is 30.7 Å². The van der Waals surface area contributed by atoms with Crippen LogP contribution in [0.25, 0.3) is 6.08 Å². The van der Waals surface area contributed by atoms with E-state index < -0.39 is 11.6 Å². The average Bonchev–Trinajstić information content (AvgIpc) is 2.89. The van der Waals surface area contributed by atoms with Gasteiger partial charge in [-0.2, -0.15) is 0 Å². The Balaban J connectivity index is 1.87. The number of carbonyl (C=O) groups excluding carboxylic acids is 1. The lowest BCUT2D eigenvalue weighted by Gasteiger charge is -2.29. The molecule has 0 spiro atoms. The van der Waals surface area contributed by atoms with Crippen LogP contribution in [0, 0.1) is 18.6 Å². The molecule has 0 N–H and O–H groups in total. The van der Waals surface area contributed by atoms with Crippen molar-refractivity contribution < 1.29 is 18.0 Å². The molecule has 114 valence electrons. The fourth-order valence-corrected chi connectivity index (χ4v) is 2.66. The van der Waals surface area contributed by atoms with E-state index in [-0.39, 0.29) is 11.6 Å². The molecule has 0 aliphatic carbocycles. The second-order valence-electron chi connectivity index (χ2n) is 5.27. The summed E-state index contributed by atoms with van der Waals surface area (Å²) in [5.74, 6) is -0.363. The summed E-state index contributed by atoms with van der Waals surface area (Å²) in [5, 5.41) is 0. The zero-order chi connectivity index (χ0) is 15.7. The van der Waals surface area contributed by atoms with E-state index in [1.807, 2.05) is 6.92 Å². The molecular weight excluding hydrogens is 288 g/mol. The van der Waals surface area contributed by atoms with Gasteiger partial charge in [-0.15, -0.1) is 0 Å². The third-order valence-electron chi connectivity index (χ3n) is 3.62. The monoisotopic (exact) mass is 303 g/mol. The van der Waals surface area contributed by atoms with Gasteiger partial charge in [-0.05, 0) is 49.6 Å². The molecule has 1 aromatic heterocycles. The van der Waals surface area contributed by atoms with Crippen molar-refractivity contribution in [3.63, 3.8) is 0 Å². The largest absolute Gasteiger partial charge is 0.462 e. The Morgan fingerprint density at radius 1 is 1.32 bits per heavy atom. The molecule has 1 aliphatic heterocycles. The normalized spacial score (nSPS) is 14.4. The highest BCUT2D eigenvalue weighted by Gasteiger charge is 2.25. The lowest BCUT2D eigenvalue weighted by Crippen LogP contribution is -2.35. The molecule has 22 heavy (non-hydrogen) atoms. The van der Waals surface area contributed by atoms with Gasteiger partial charge in [0.05, 0.1) is 5.69 Å². The Hall–Kier alpha value is -2.43. The van der Waals surface area contributed by atoms with E-state index in [0.717, 1.165) is 11.8 Å². The Morgan fingerprint density at radius 3 is 2.86 bits per heavy atom. The number of hydrogen-bond acceptors (Lipinski definition) is 2. The van der Waals surface area contributed by atoms with Crippen molar-refractivity contribution >= 4 is 17.7 Å². The predicted octanol–water partition coefficient (Wildman–Crippen LogP) is 3.86. The Labute approximate surface area is 126 Å². The number of carbonyl (C=O) groups is 1. The molecule has 1 amide bonds. The maximum atomic E-state index is 14.0. The number of fused-ring (bicyclic) bond motifs is 1. The first kappa shape index (κ1) is 14.5. The van der Waals surface area contributed by atoms with Gasteiger partial charge in [0.2, 0.25) is 0 Å². The minimum Gasteiger partial charge on any atom is -0.462 e. The van der Waals surface area contributed by atoms with E-state index in [4.69, 9.17) is 4.42 Å². The molecule has 0 saturated carbocycles. The third kappa shape index (κ3) is 2.79. The van der Waals surface area contributed by atoms with Gasteiger partial charge in [0.1, 0.15) is 23.2 Å². The molecule has 5 heteroatoms. The van der Waals surface area contributed by atoms with E-state index in [9.17, 15) is 13.6 Å². The maximum Gasteiger partial charge on any atom is 0.251 e. The van der Waals surface area contributed by atoms with E-state index in [2.05, 4.69) is 0 Å². The summed E-state index contributed by atoms with van der Waals surface area (Å²) >= 11 is 0. The minimum atomic E-state index is -0.703. The fourth-order valence-electron chi connectivity index (χ4n) is 2.66. The van der Waals surface area contributed by atoms with Crippen molar-refractivity contribution in [1.29, 1.82) is 0 Å². The van der Waals surface area contributed by atoms with Gasteiger partial charge in [0.25, 0.3) is 5.91 Å². The first-order valence-electron chi connectivity index (χ1n) is 7.08. The molecule has 0 radical (unpaired) electrons. The number of nitrogens with zero attached hydrogens (tertiary/aromatic N) is 1. The molecule has 2 aromatic rings. The summed E-state index contributed by atoms with van der Waals surface area (Å²) < 4.78 is 32.7. The zero-order valence-electron chi connectivity index (χ0n) is 12.1.